The van der Waals surface area contributed by atoms with Gasteiger partial charge in [0.15, 0.2) is 0 Å². The number of hydrogen-bond acceptors (Lipinski definition) is 3. The van der Waals surface area contributed by atoms with E-state index in [4.69, 9.17) is 4.74 Å². The summed E-state index contributed by atoms with van der Waals surface area (Å²) in [6.45, 7) is 5.08. The highest BCUT2D eigenvalue weighted by Gasteiger charge is 2.25. The van der Waals surface area contributed by atoms with Crippen LogP contribution in [0.4, 0.5) is 0 Å². The molecule has 20 heavy (non-hydrogen) atoms. The van der Waals surface area contributed by atoms with E-state index >= 15 is 0 Å². The van der Waals surface area contributed by atoms with E-state index < -0.39 is 0 Å². The molecule has 3 unspecified atom stereocenters. The van der Waals surface area contributed by atoms with Crippen LogP contribution in [0.5, 0.6) is 5.75 Å². The van der Waals surface area contributed by atoms with Crippen molar-refractivity contribution in [3.8, 4) is 5.75 Å². The molecular formula is C16H24N2O2. The van der Waals surface area contributed by atoms with Gasteiger partial charge in [0, 0.05) is 12.0 Å². The molecule has 4 nitrogen and oxygen atoms in total. The largest absolute Gasteiger partial charge is 0.497 e. The van der Waals surface area contributed by atoms with Gasteiger partial charge in [0.05, 0.1) is 13.2 Å². The van der Waals surface area contributed by atoms with Crippen LogP contribution in [0.1, 0.15) is 38.3 Å². The van der Waals surface area contributed by atoms with Crippen LogP contribution in [0.25, 0.3) is 0 Å². The maximum absolute atomic E-state index is 12.3. The van der Waals surface area contributed by atoms with Gasteiger partial charge in [-0.3, -0.25) is 4.79 Å². The Bertz CT molecular complexity index is 444. The Morgan fingerprint density at radius 3 is 2.70 bits per heavy atom. The third-order valence-corrected chi connectivity index (χ3v) is 3.97. The number of hydrogen-bond donors (Lipinski definition) is 2. The Balaban J connectivity index is 1.92. The summed E-state index contributed by atoms with van der Waals surface area (Å²) in [5.41, 5.74) is 1.10. The summed E-state index contributed by atoms with van der Waals surface area (Å²) in [5.74, 6) is 1.13. The van der Waals surface area contributed by atoms with Crippen molar-refractivity contribution in [3.05, 3.63) is 29.8 Å². The first kappa shape index (κ1) is 14.9. The van der Waals surface area contributed by atoms with Crippen LogP contribution >= 0.6 is 0 Å². The first-order valence-corrected chi connectivity index (χ1v) is 7.28. The van der Waals surface area contributed by atoms with E-state index in [1.807, 2.05) is 31.2 Å². The Morgan fingerprint density at radius 1 is 1.40 bits per heavy atom. The van der Waals surface area contributed by atoms with E-state index in [2.05, 4.69) is 17.6 Å². The zero-order chi connectivity index (χ0) is 14.5. The average Bonchev–Trinajstić information content (AvgIpc) is 2.47. The minimum Gasteiger partial charge on any atom is -0.497 e. The molecular weight excluding hydrogens is 252 g/mol. The Labute approximate surface area is 120 Å². The molecule has 1 aromatic rings. The highest BCUT2D eigenvalue weighted by molar-refractivity contribution is 5.79. The molecule has 3 atom stereocenters. The van der Waals surface area contributed by atoms with Crippen LogP contribution in [0.15, 0.2) is 24.3 Å². The van der Waals surface area contributed by atoms with Crippen molar-refractivity contribution >= 4 is 5.91 Å². The molecule has 1 aliphatic rings. The van der Waals surface area contributed by atoms with E-state index in [1.165, 1.54) is 0 Å². The van der Waals surface area contributed by atoms with Crippen LogP contribution < -0.4 is 15.4 Å². The molecule has 1 amide bonds. The SMILES string of the molecule is COc1ccc(C(C)NC(=O)C2CCNC(C)C2)cc1. The van der Waals surface area contributed by atoms with Crippen molar-refractivity contribution in [2.24, 2.45) is 5.92 Å². The second kappa shape index (κ2) is 6.75. The molecule has 110 valence electrons. The summed E-state index contributed by atoms with van der Waals surface area (Å²) >= 11 is 0. The summed E-state index contributed by atoms with van der Waals surface area (Å²) < 4.78 is 5.14. The maximum atomic E-state index is 12.3. The monoisotopic (exact) mass is 276 g/mol. The number of amides is 1. The molecule has 0 bridgehead atoms. The van der Waals surface area contributed by atoms with Crippen molar-refractivity contribution in [1.82, 2.24) is 10.6 Å². The van der Waals surface area contributed by atoms with E-state index in [-0.39, 0.29) is 17.9 Å². The van der Waals surface area contributed by atoms with Crippen LogP contribution in [0.2, 0.25) is 0 Å². The number of carbonyl (C=O) groups excluding carboxylic acids is 1. The van der Waals surface area contributed by atoms with Gasteiger partial charge >= 0.3 is 0 Å². The highest BCUT2D eigenvalue weighted by atomic mass is 16.5. The number of ether oxygens (including phenoxy) is 1. The molecule has 1 aromatic carbocycles. The highest BCUT2D eigenvalue weighted by Crippen LogP contribution is 2.20. The number of methoxy groups -OCH3 is 1. The molecule has 1 heterocycles. The van der Waals surface area contributed by atoms with Crippen molar-refractivity contribution < 1.29 is 9.53 Å². The van der Waals surface area contributed by atoms with E-state index in [0.717, 1.165) is 30.7 Å². The molecule has 1 aliphatic heterocycles. The van der Waals surface area contributed by atoms with Crippen molar-refractivity contribution in [3.63, 3.8) is 0 Å². The lowest BCUT2D eigenvalue weighted by Gasteiger charge is -2.28. The van der Waals surface area contributed by atoms with Gasteiger partial charge in [-0.25, -0.2) is 0 Å². The van der Waals surface area contributed by atoms with Crippen LogP contribution in [-0.4, -0.2) is 25.6 Å². The van der Waals surface area contributed by atoms with Gasteiger partial charge < -0.3 is 15.4 Å². The topological polar surface area (TPSA) is 50.4 Å². The summed E-state index contributed by atoms with van der Waals surface area (Å²) in [4.78, 5) is 12.3. The van der Waals surface area contributed by atoms with Crippen molar-refractivity contribution in [1.29, 1.82) is 0 Å². The fourth-order valence-electron chi connectivity index (χ4n) is 2.68. The fourth-order valence-corrected chi connectivity index (χ4v) is 2.68. The normalized spacial score (nSPS) is 23.9. The van der Waals surface area contributed by atoms with Gasteiger partial charge in [0.25, 0.3) is 0 Å². The van der Waals surface area contributed by atoms with Crippen LogP contribution in [-0.2, 0) is 4.79 Å². The predicted molar refractivity (Wildman–Crippen MR) is 79.7 cm³/mol. The third kappa shape index (κ3) is 3.73. The smallest absolute Gasteiger partial charge is 0.223 e. The standard InChI is InChI=1S/C16H24N2O2/c1-11-10-14(8-9-17-11)16(19)18-12(2)13-4-6-15(20-3)7-5-13/h4-7,11-12,14,17H,8-10H2,1-3H3,(H,18,19). The lowest BCUT2D eigenvalue weighted by atomic mass is 9.92. The quantitative estimate of drug-likeness (QED) is 0.887. The first-order chi connectivity index (χ1) is 9.60. The molecule has 0 radical (unpaired) electrons. The molecule has 0 aromatic heterocycles. The average molecular weight is 276 g/mol. The number of carbonyl (C=O) groups is 1. The summed E-state index contributed by atoms with van der Waals surface area (Å²) in [6.07, 6.45) is 1.84. The summed E-state index contributed by atoms with van der Waals surface area (Å²) in [6, 6.07) is 8.29. The second-order valence-corrected chi connectivity index (χ2v) is 5.58. The number of piperidine rings is 1. The maximum Gasteiger partial charge on any atom is 0.223 e. The number of rotatable bonds is 4. The second-order valence-electron chi connectivity index (χ2n) is 5.58. The molecule has 4 heteroatoms. The summed E-state index contributed by atoms with van der Waals surface area (Å²) in [5, 5.41) is 6.49. The van der Waals surface area contributed by atoms with Gasteiger partial charge in [0.2, 0.25) is 5.91 Å². The van der Waals surface area contributed by atoms with Gasteiger partial charge in [-0.2, -0.15) is 0 Å². The third-order valence-electron chi connectivity index (χ3n) is 3.97. The van der Waals surface area contributed by atoms with Crippen LogP contribution in [0.3, 0.4) is 0 Å². The molecule has 0 aliphatic carbocycles. The van der Waals surface area contributed by atoms with E-state index in [9.17, 15) is 4.79 Å². The molecule has 2 rings (SSSR count). The first-order valence-electron chi connectivity index (χ1n) is 7.28. The van der Waals surface area contributed by atoms with Crippen molar-refractivity contribution in [2.45, 2.75) is 38.8 Å². The number of benzene rings is 1. The van der Waals surface area contributed by atoms with Crippen molar-refractivity contribution in [2.75, 3.05) is 13.7 Å². The van der Waals surface area contributed by atoms with Gasteiger partial charge in [-0.1, -0.05) is 12.1 Å². The predicted octanol–water partition coefficient (Wildman–Crippen LogP) is 2.26. The molecule has 2 N–H and O–H groups in total. The summed E-state index contributed by atoms with van der Waals surface area (Å²) in [7, 11) is 1.65. The molecule has 0 spiro atoms. The zero-order valence-corrected chi connectivity index (χ0v) is 12.5. The molecule has 0 saturated carbocycles. The number of nitrogens with one attached hydrogen (secondary N) is 2. The minimum absolute atomic E-state index is 0.0265. The van der Waals surface area contributed by atoms with Crippen LogP contribution in [0, 0.1) is 5.92 Å². The van der Waals surface area contributed by atoms with Gasteiger partial charge in [-0.15, -0.1) is 0 Å². The Hall–Kier alpha value is -1.55. The zero-order valence-electron chi connectivity index (χ0n) is 12.5. The Morgan fingerprint density at radius 2 is 2.10 bits per heavy atom. The minimum atomic E-state index is 0.0265. The Kier molecular flexibility index (Phi) is 5.01. The lowest BCUT2D eigenvalue weighted by molar-refractivity contribution is -0.126. The fraction of sp³-hybridized carbons (Fsp3) is 0.562. The molecule has 1 saturated heterocycles. The lowest BCUT2D eigenvalue weighted by Crippen LogP contribution is -2.42. The van der Waals surface area contributed by atoms with Gasteiger partial charge in [-0.05, 0) is 50.9 Å². The van der Waals surface area contributed by atoms with E-state index in [0.29, 0.717) is 6.04 Å². The van der Waals surface area contributed by atoms with E-state index in [1.54, 1.807) is 7.11 Å². The molecule has 1 fully saturated rings. The van der Waals surface area contributed by atoms with Gasteiger partial charge in [0.1, 0.15) is 5.75 Å².